The van der Waals surface area contributed by atoms with Crippen LogP contribution in [-0.4, -0.2) is 138 Å². The largest absolute Gasteiger partial charge is 0.496 e. The van der Waals surface area contributed by atoms with Crippen LogP contribution in [0.3, 0.4) is 0 Å². The molecule has 2 aliphatic rings. The predicted molar refractivity (Wildman–Crippen MR) is 180 cm³/mol. The van der Waals surface area contributed by atoms with Gasteiger partial charge in [0.25, 0.3) is 0 Å². The van der Waals surface area contributed by atoms with Crippen LogP contribution < -0.4 is 18.9 Å². The lowest BCUT2D eigenvalue weighted by Gasteiger charge is -2.46. The number of carbonyl (C=O) groups excluding carboxylic acids is 1. The Morgan fingerprint density at radius 2 is 1.24 bits per heavy atom. The van der Waals surface area contributed by atoms with Crippen LogP contribution in [0.25, 0.3) is 6.08 Å². The molecule has 2 aliphatic heterocycles. The van der Waals surface area contributed by atoms with Crippen LogP contribution in [-0.2, 0) is 42.6 Å². The maximum atomic E-state index is 13.2. The molecular weight excluding hydrogens is 656 g/mol. The third kappa shape index (κ3) is 8.76. The van der Waals surface area contributed by atoms with Crippen molar-refractivity contribution in [2.75, 3.05) is 70.6 Å². The number of hydrogen-bond acceptors (Lipinski definition) is 14. The van der Waals surface area contributed by atoms with Gasteiger partial charge < -0.3 is 61.6 Å². The van der Waals surface area contributed by atoms with E-state index in [1.165, 1.54) is 20.3 Å². The number of ketones is 1. The van der Waals surface area contributed by atoms with Crippen LogP contribution in [0.15, 0.2) is 42.5 Å². The van der Waals surface area contributed by atoms with Crippen molar-refractivity contribution >= 4 is 11.9 Å². The highest BCUT2D eigenvalue weighted by atomic mass is 16.7. The SMILES string of the molecule is COc1ccc(C=CC(=O)c2ccc(O[C@@H]3O[C@H](CO[C@@H]4O[C@@H](C)[C@H](OC)[C@@H](OC)[C@H]4OC)[C@@H](OC)[C@H](OC)[C@H]3OC)cc2OC)cc1OC. The molecule has 0 aliphatic carbocycles. The lowest BCUT2D eigenvalue weighted by atomic mass is 9.97. The second-order valence-corrected chi connectivity index (χ2v) is 11.6. The third-order valence-electron chi connectivity index (χ3n) is 8.90. The van der Waals surface area contributed by atoms with Gasteiger partial charge in [-0.1, -0.05) is 12.1 Å². The summed E-state index contributed by atoms with van der Waals surface area (Å²) in [6.07, 6.45) is -2.88. The Balaban J connectivity index is 1.51. The fourth-order valence-electron chi connectivity index (χ4n) is 6.35. The van der Waals surface area contributed by atoms with Crippen LogP contribution in [0.5, 0.6) is 23.0 Å². The van der Waals surface area contributed by atoms with Crippen LogP contribution in [0.1, 0.15) is 22.8 Å². The van der Waals surface area contributed by atoms with E-state index in [0.717, 1.165) is 5.56 Å². The minimum Gasteiger partial charge on any atom is -0.496 e. The van der Waals surface area contributed by atoms with E-state index in [1.54, 1.807) is 86.2 Å². The van der Waals surface area contributed by atoms with Crippen molar-refractivity contribution in [1.29, 1.82) is 0 Å². The molecule has 0 bridgehead atoms. The molecule has 2 heterocycles. The molecule has 4 rings (SSSR count). The summed E-state index contributed by atoms with van der Waals surface area (Å²) >= 11 is 0. The summed E-state index contributed by atoms with van der Waals surface area (Å²) in [5, 5.41) is 0. The van der Waals surface area contributed by atoms with Gasteiger partial charge in [0.05, 0.1) is 39.6 Å². The van der Waals surface area contributed by atoms with Gasteiger partial charge in [0.1, 0.15) is 54.2 Å². The summed E-state index contributed by atoms with van der Waals surface area (Å²) in [7, 11) is 14.0. The van der Waals surface area contributed by atoms with E-state index in [4.69, 9.17) is 61.6 Å². The Hall–Kier alpha value is -3.31. The Labute approximate surface area is 293 Å². The Morgan fingerprint density at radius 3 is 1.84 bits per heavy atom. The molecule has 14 heteroatoms. The molecule has 0 spiro atoms. The average molecular weight is 707 g/mol. The van der Waals surface area contributed by atoms with Crippen molar-refractivity contribution in [3.8, 4) is 23.0 Å². The Kier molecular flexibility index (Phi) is 14.8. The molecular formula is C36H50O14. The normalized spacial score (nSPS) is 29.9. The summed E-state index contributed by atoms with van der Waals surface area (Å²) in [6.45, 7) is 1.91. The summed E-state index contributed by atoms with van der Waals surface area (Å²) in [6, 6.07) is 10.3. The van der Waals surface area contributed by atoms with Crippen molar-refractivity contribution in [3.05, 3.63) is 53.6 Å². The molecule has 278 valence electrons. The number of benzene rings is 2. The van der Waals surface area contributed by atoms with Crippen molar-refractivity contribution < 1.29 is 66.4 Å². The smallest absolute Gasteiger partial charge is 0.229 e. The molecule has 10 atom stereocenters. The predicted octanol–water partition coefficient (Wildman–Crippen LogP) is 3.56. The minimum absolute atomic E-state index is 0.0309. The second kappa shape index (κ2) is 18.8. The molecule has 2 aromatic carbocycles. The van der Waals surface area contributed by atoms with Crippen LogP contribution >= 0.6 is 0 Å². The molecule has 0 aromatic heterocycles. The molecule has 2 aromatic rings. The van der Waals surface area contributed by atoms with E-state index >= 15 is 0 Å². The molecule has 50 heavy (non-hydrogen) atoms. The number of ether oxygens (including phenoxy) is 13. The van der Waals surface area contributed by atoms with E-state index in [9.17, 15) is 4.79 Å². The molecule has 0 amide bonds. The summed E-state index contributed by atoms with van der Waals surface area (Å²) in [5.41, 5.74) is 1.10. The van der Waals surface area contributed by atoms with Crippen molar-refractivity contribution in [2.24, 2.45) is 0 Å². The van der Waals surface area contributed by atoms with Gasteiger partial charge in [0, 0.05) is 48.7 Å². The zero-order chi connectivity index (χ0) is 36.4. The monoisotopic (exact) mass is 706 g/mol. The van der Waals surface area contributed by atoms with Gasteiger partial charge in [-0.2, -0.15) is 0 Å². The number of rotatable bonds is 17. The van der Waals surface area contributed by atoms with E-state index < -0.39 is 49.2 Å². The molecule has 2 saturated heterocycles. The maximum absolute atomic E-state index is 13.2. The van der Waals surface area contributed by atoms with Gasteiger partial charge in [0.15, 0.2) is 23.6 Å². The number of carbonyl (C=O) groups is 1. The standard InChI is InChI=1S/C36H50O14/c1-20-29(41-5)31(43-7)33(45-9)35(48-20)47-19-28-30(42-6)32(44-8)34(46-10)36(50-28)49-22-13-14-23(26(18-22)39-3)24(37)15-11-21-12-16-25(38-2)27(17-21)40-4/h11-18,20,28-36H,19H2,1-10H3/t20-,28+,29-,30+,31+,32-,33+,34+,35+,36+/m0/s1. The van der Waals surface area contributed by atoms with Crippen molar-refractivity contribution in [2.45, 2.75) is 68.3 Å². The Morgan fingerprint density at radius 1 is 0.640 bits per heavy atom. The average Bonchev–Trinajstić information content (AvgIpc) is 3.14. The highest BCUT2D eigenvalue weighted by Gasteiger charge is 2.50. The maximum Gasteiger partial charge on any atom is 0.229 e. The first-order valence-electron chi connectivity index (χ1n) is 16.1. The molecule has 2 fully saturated rings. The van der Waals surface area contributed by atoms with Crippen molar-refractivity contribution in [1.82, 2.24) is 0 Å². The van der Waals surface area contributed by atoms with E-state index in [-0.39, 0.29) is 24.6 Å². The minimum atomic E-state index is -0.963. The lowest BCUT2D eigenvalue weighted by Crippen LogP contribution is -2.63. The zero-order valence-electron chi connectivity index (χ0n) is 30.3. The van der Waals surface area contributed by atoms with Crippen molar-refractivity contribution in [3.63, 3.8) is 0 Å². The van der Waals surface area contributed by atoms with Gasteiger partial charge in [-0.05, 0) is 42.8 Å². The zero-order valence-corrected chi connectivity index (χ0v) is 30.3. The third-order valence-corrected chi connectivity index (χ3v) is 8.90. The molecule has 0 N–H and O–H groups in total. The summed E-state index contributed by atoms with van der Waals surface area (Å²) in [5.74, 6) is 1.55. The van der Waals surface area contributed by atoms with Crippen LogP contribution in [0.4, 0.5) is 0 Å². The first kappa shape index (κ1) is 39.5. The summed E-state index contributed by atoms with van der Waals surface area (Å²) < 4.78 is 75.8. The van der Waals surface area contributed by atoms with Crippen LogP contribution in [0.2, 0.25) is 0 Å². The fourth-order valence-corrected chi connectivity index (χ4v) is 6.35. The quantitative estimate of drug-likeness (QED) is 0.175. The van der Waals surface area contributed by atoms with E-state index in [1.807, 2.05) is 13.0 Å². The molecule has 14 nitrogen and oxygen atoms in total. The second-order valence-electron chi connectivity index (χ2n) is 11.6. The van der Waals surface area contributed by atoms with E-state index in [2.05, 4.69) is 0 Å². The molecule has 0 radical (unpaired) electrons. The van der Waals surface area contributed by atoms with Gasteiger partial charge in [-0.3, -0.25) is 4.79 Å². The fraction of sp³-hybridized carbons (Fsp3) is 0.583. The number of allylic oxidation sites excluding steroid dienone is 1. The Bertz CT molecular complexity index is 1400. The molecule has 0 saturated carbocycles. The first-order valence-corrected chi connectivity index (χ1v) is 16.1. The lowest BCUT2D eigenvalue weighted by molar-refractivity contribution is -0.329. The summed E-state index contributed by atoms with van der Waals surface area (Å²) in [4.78, 5) is 13.2. The van der Waals surface area contributed by atoms with Gasteiger partial charge in [-0.15, -0.1) is 0 Å². The highest BCUT2D eigenvalue weighted by molar-refractivity contribution is 6.08. The van der Waals surface area contributed by atoms with Gasteiger partial charge >= 0.3 is 0 Å². The van der Waals surface area contributed by atoms with Gasteiger partial charge in [-0.25, -0.2) is 0 Å². The topological polar surface area (TPSA) is 137 Å². The highest BCUT2D eigenvalue weighted by Crippen LogP contribution is 2.34. The number of methoxy groups -OCH3 is 9. The van der Waals surface area contributed by atoms with Gasteiger partial charge in [0.2, 0.25) is 6.29 Å². The number of hydrogen-bond donors (Lipinski definition) is 0. The van der Waals surface area contributed by atoms with E-state index in [0.29, 0.717) is 28.6 Å². The van der Waals surface area contributed by atoms with Crippen LogP contribution in [0, 0.1) is 0 Å². The first-order chi connectivity index (χ1) is 24.2. The molecule has 0 unspecified atom stereocenters.